The number of hydrogen-bond acceptors (Lipinski definition) is 3. The van der Waals surface area contributed by atoms with E-state index in [4.69, 9.17) is 5.11 Å². The van der Waals surface area contributed by atoms with E-state index in [1.54, 1.807) is 13.8 Å². The van der Waals surface area contributed by atoms with Crippen molar-refractivity contribution >= 4 is 5.69 Å². The Morgan fingerprint density at radius 2 is 1.53 bits per heavy atom. The Balaban J connectivity index is 3.37. The average molecular weight is 280 g/mol. The summed E-state index contributed by atoms with van der Waals surface area (Å²) in [6.45, 7) is 3.05. The van der Waals surface area contributed by atoms with Gasteiger partial charge in [-0.2, -0.15) is 22.5 Å². The third-order valence-corrected chi connectivity index (χ3v) is 2.99. The first-order chi connectivity index (χ1) is 8.97. The van der Waals surface area contributed by atoms with Gasteiger partial charge >= 0.3 is 0 Å². The van der Waals surface area contributed by atoms with E-state index in [1.165, 1.54) is 0 Å². The van der Waals surface area contributed by atoms with E-state index in [-0.39, 0.29) is 19.2 Å². The van der Waals surface area contributed by atoms with Crippen LogP contribution < -0.4 is 4.90 Å². The van der Waals surface area contributed by atoms with Gasteiger partial charge in [-0.1, -0.05) is 13.8 Å². The molecular formula is C12H16F4N2O. The standard InChI is InChI=1S/C12H16F4N2O/c1-3-7(4-2)18(5-6-19)10-8(13)11(15)17-12(16)9(10)14/h7,19H,3-6H2,1-2H3. The first-order valence-corrected chi connectivity index (χ1v) is 6.05. The Hall–Kier alpha value is -1.37. The quantitative estimate of drug-likeness (QED) is 0.643. The summed E-state index contributed by atoms with van der Waals surface area (Å²) in [5.41, 5.74) is -0.812. The number of aliphatic hydroxyl groups is 1. The molecule has 1 rings (SSSR count). The minimum absolute atomic E-state index is 0.122. The number of pyridine rings is 1. The minimum atomic E-state index is -1.69. The summed E-state index contributed by atoms with van der Waals surface area (Å²) in [5.74, 6) is -6.47. The summed E-state index contributed by atoms with van der Waals surface area (Å²) in [7, 11) is 0. The molecule has 0 unspecified atom stereocenters. The molecule has 7 heteroatoms. The minimum Gasteiger partial charge on any atom is -0.395 e. The second-order valence-electron chi connectivity index (χ2n) is 4.06. The topological polar surface area (TPSA) is 36.4 Å². The zero-order valence-corrected chi connectivity index (χ0v) is 10.8. The van der Waals surface area contributed by atoms with Crippen LogP contribution in [0.4, 0.5) is 23.2 Å². The average Bonchev–Trinajstić information content (AvgIpc) is 2.38. The molecular weight excluding hydrogens is 264 g/mol. The second kappa shape index (κ2) is 6.70. The summed E-state index contributed by atoms with van der Waals surface area (Å²) in [6, 6.07) is -0.336. The molecule has 0 aliphatic heterocycles. The highest BCUT2D eigenvalue weighted by Crippen LogP contribution is 2.29. The Labute approximate surface area is 108 Å². The second-order valence-corrected chi connectivity index (χ2v) is 4.06. The van der Waals surface area contributed by atoms with Crippen LogP contribution in [0.1, 0.15) is 26.7 Å². The van der Waals surface area contributed by atoms with Gasteiger partial charge in [-0.05, 0) is 12.8 Å². The molecule has 1 N–H and O–H groups in total. The van der Waals surface area contributed by atoms with Gasteiger partial charge in [0.25, 0.3) is 11.9 Å². The maximum Gasteiger partial charge on any atom is 0.253 e. The van der Waals surface area contributed by atoms with Crippen molar-refractivity contribution in [2.24, 2.45) is 0 Å². The molecule has 0 amide bonds. The van der Waals surface area contributed by atoms with E-state index in [2.05, 4.69) is 4.98 Å². The van der Waals surface area contributed by atoms with Gasteiger partial charge in [0.2, 0.25) is 11.6 Å². The van der Waals surface area contributed by atoms with Gasteiger partial charge in [0.15, 0.2) is 0 Å². The molecule has 1 aromatic heterocycles. The van der Waals surface area contributed by atoms with Crippen LogP contribution in [-0.4, -0.2) is 29.3 Å². The van der Waals surface area contributed by atoms with Gasteiger partial charge in [0.05, 0.1) is 6.61 Å². The number of rotatable bonds is 6. The van der Waals surface area contributed by atoms with E-state index < -0.39 is 29.2 Å². The van der Waals surface area contributed by atoms with Crippen LogP contribution in [0, 0.1) is 23.5 Å². The predicted octanol–water partition coefficient (Wildman–Crippen LogP) is 2.63. The molecule has 1 aromatic rings. The Kier molecular flexibility index (Phi) is 5.53. The molecule has 0 fully saturated rings. The number of aromatic nitrogens is 1. The monoisotopic (exact) mass is 280 g/mol. The number of halogens is 4. The Morgan fingerprint density at radius 1 is 1.05 bits per heavy atom. The van der Waals surface area contributed by atoms with Crippen LogP contribution >= 0.6 is 0 Å². The van der Waals surface area contributed by atoms with Crippen LogP contribution in [0.2, 0.25) is 0 Å². The lowest BCUT2D eigenvalue weighted by molar-refractivity contribution is 0.293. The van der Waals surface area contributed by atoms with E-state index in [1.807, 2.05) is 0 Å². The van der Waals surface area contributed by atoms with E-state index in [0.29, 0.717) is 12.8 Å². The highest BCUT2D eigenvalue weighted by atomic mass is 19.2. The molecule has 0 spiro atoms. The van der Waals surface area contributed by atoms with E-state index >= 15 is 0 Å². The van der Waals surface area contributed by atoms with Gasteiger partial charge in [-0.3, -0.25) is 0 Å². The van der Waals surface area contributed by atoms with E-state index in [0.717, 1.165) is 4.90 Å². The molecule has 0 aliphatic rings. The molecule has 0 saturated heterocycles. The fourth-order valence-corrected chi connectivity index (χ4v) is 2.04. The van der Waals surface area contributed by atoms with Crippen LogP contribution in [0.15, 0.2) is 0 Å². The Bertz CT molecular complexity index is 412. The van der Waals surface area contributed by atoms with Gasteiger partial charge in [-0.25, -0.2) is 0 Å². The molecule has 0 aromatic carbocycles. The molecule has 0 aliphatic carbocycles. The summed E-state index contributed by atoms with van der Waals surface area (Å²) >= 11 is 0. The predicted molar refractivity (Wildman–Crippen MR) is 62.9 cm³/mol. The number of hydrogen-bond donors (Lipinski definition) is 1. The molecule has 3 nitrogen and oxygen atoms in total. The van der Waals surface area contributed by atoms with Crippen LogP contribution in [0.25, 0.3) is 0 Å². The zero-order chi connectivity index (χ0) is 14.6. The molecule has 0 saturated carbocycles. The smallest absolute Gasteiger partial charge is 0.253 e. The summed E-state index contributed by atoms with van der Waals surface area (Å²) in [4.78, 5) is 3.65. The van der Waals surface area contributed by atoms with Gasteiger partial charge in [0, 0.05) is 12.6 Å². The molecule has 0 atom stereocenters. The Morgan fingerprint density at radius 3 is 1.89 bits per heavy atom. The lowest BCUT2D eigenvalue weighted by atomic mass is 10.1. The fourth-order valence-electron chi connectivity index (χ4n) is 2.04. The molecule has 1 heterocycles. The zero-order valence-electron chi connectivity index (χ0n) is 10.8. The van der Waals surface area contributed by atoms with Crippen molar-refractivity contribution in [3.63, 3.8) is 0 Å². The van der Waals surface area contributed by atoms with Crippen molar-refractivity contribution in [1.82, 2.24) is 4.98 Å². The van der Waals surface area contributed by atoms with E-state index in [9.17, 15) is 17.6 Å². The highest BCUT2D eigenvalue weighted by Gasteiger charge is 2.28. The van der Waals surface area contributed by atoms with Gasteiger partial charge in [-0.15, -0.1) is 0 Å². The lowest BCUT2D eigenvalue weighted by Crippen LogP contribution is -2.38. The molecule has 0 radical (unpaired) electrons. The van der Waals surface area contributed by atoms with Crippen LogP contribution in [0.3, 0.4) is 0 Å². The highest BCUT2D eigenvalue weighted by molar-refractivity contribution is 5.49. The van der Waals surface area contributed by atoms with Gasteiger partial charge in [0.1, 0.15) is 5.69 Å². The maximum absolute atomic E-state index is 13.7. The normalized spacial score (nSPS) is 11.2. The van der Waals surface area contributed by atoms with Crippen molar-refractivity contribution in [2.75, 3.05) is 18.1 Å². The summed E-state index contributed by atoms with van der Waals surface area (Å²) in [6.07, 6.45) is 1.03. The van der Waals surface area contributed by atoms with Crippen molar-refractivity contribution in [3.05, 3.63) is 23.5 Å². The van der Waals surface area contributed by atoms with Crippen LogP contribution in [0.5, 0.6) is 0 Å². The SMILES string of the molecule is CCC(CC)N(CCO)c1c(F)c(F)nc(F)c1F. The van der Waals surface area contributed by atoms with Crippen molar-refractivity contribution in [1.29, 1.82) is 0 Å². The molecule has 0 bridgehead atoms. The van der Waals surface area contributed by atoms with Crippen molar-refractivity contribution < 1.29 is 22.7 Å². The third-order valence-electron chi connectivity index (χ3n) is 2.99. The summed E-state index contributed by atoms with van der Waals surface area (Å²) in [5, 5.41) is 8.97. The summed E-state index contributed by atoms with van der Waals surface area (Å²) < 4.78 is 53.6. The van der Waals surface area contributed by atoms with Crippen LogP contribution in [-0.2, 0) is 0 Å². The molecule has 108 valence electrons. The number of anilines is 1. The molecule has 19 heavy (non-hydrogen) atoms. The maximum atomic E-state index is 13.7. The first-order valence-electron chi connectivity index (χ1n) is 6.05. The van der Waals surface area contributed by atoms with Crippen molar-refractivity contribution in [3.8, 4) is 0 Å². The lowest BCUT2D eigenvalue weighted by Gasteiger charge is -2.32. The number of aliphatic hydroxyl groups excluding tert-OH is 1. The largest absolute Gasteiger partial charge is 0.395 e. The third kappa shape index (κ3) is 3.15. The first kappa shape index (κ1) is 15.7. The fraction of sp³-hybridized carbons (Fsp3) is 0.583. The number of nitrogens with zero attached hydrogens (tertiary/aromatic N) is 2. The van der Waals surface area contributed by atoms with Gasteiger partial charge < -0.3 is 10.0 Å². The van der Waals surface area contributed by atoms with Crippen molar-refractivity contribution in [2.45, 2.75) is 32.7 Å².